The Bertz CT molecular complexity index is 421. The Morgan fingerprint density at radius 2 is 2.24 bits per heavy atom. The summed E-state index contributed by atoms with van der Waals surface area (Å²) in [6.07, 6.45) is 1.60. The molecule has 0 saturated carbocycles. The van der Waals surface area contributed by atoms with E-state index in [1.165, 1.54) is 0 Å². The van der Waals surface area contributed by atoms with Crippen LogP contribution in [0.3, 0.4) is 0 Å². The summed E-state index contributed by atoms with van der Waals surface area (Å²) in [4.78, 5) is 19.6. The lowest BCUT2D eigenvalue weighted by Gasteiger charge is -2.25. The zero-order chi connectivity index (χ0) is 13.1. The Hall–Kier alpha value is -1.36. The largest absolute Gasteiger partial charge is 0.464 e. The smallest absolute Gasteiger partial charge is 0.331 e. The Kier molecular flexibility index (Phi) is 4.28. The van der Waals surface area contributed by atoms with Crippen LogP contribution >= 0.6 is 11.6 Å². The summed E-state index contributed by atoms with van der Waals surface area (Å²) in [7, 11) is 0. The molecule has 0 aliphatic rings. The summed E-state index contributed by atoms with van der Waals surface area (Å²) in [5.74, 6) is 0.192. The van der Waals surface area contributed by atoms with Crippen LogP contribution in [0.25, 0.3) is 0 Å². The third kappa shape index (κ3) is 3.56. The van der Waals surface area contributed by atoms with Crippen molar-refractivity contribution >= 4 is 23.4 Å². The molecule has 0 fully saturated rings. The van der Waals surface area contributed by atoms with Crippen molar-refractivity contribution in [3.63, 3.8) is 0 Å². The zero-order valence-corrected chi connectivity index (χ0v) is 11.1. The summed E-state index contributed by atoms with van der Waals surface area (Å²) in [6.45, 7) is 7.38. The normalized spacial score (nSPS) is 11.1. The summed E-state index contributed by atoms with van der Waals surface area (Å²) in [5, 5.41) is 3.14. The van der Waals surface area contributed by atoms with Gasteiger partial charge in [-0.2, -0.15) is 0 Å². The first-order valence-electron chi connectivity index (χ1n) is 5.31. The van der Waals surface area contributed by atoms with Gasteiger partial charge in [-0.05, 0) is 39.3 Å². The van der Waals surface area contributed by atoms with E-state index in [4.69, 9.17) is 16.3 Å². The molecule has 94 valence electrons. The van der Waals surface area contributed by atoms with Crippen molar-refractivity contribution in [1.82, 2.24) is 9.97 Å². The lowest BCUT2D eigenvalue weighted by molar-refractivity contribution is -0.147. The molecule has 1 heterocycles. The molecule has 17 heavy (non-hydrogen) atoms. The molecule has 5 nitrogen and oxygen atoms in total. The highest BCUT2D eigenvalue weighted by atomic mass is 35.5. The van der Waals surface area contributed by atoms with Gasteiger partial charge in [-0.15, -0.1) is 0 Å². The van der Waals surface area contributed by atoms with E-state index in [2.05, 4.69) is 15.3 Å². The summed E-state index contributed by atoms with van der Waals surface area (Å²) >= 11 is 5.71. The number of hydrogen-bond donors (Lipinski definition) is 1. The minimum absolute atomic E-state index is 0.137. The molecular formula is C11H16ClN3O2. The fraction of sp³-hybridized carbons (Fsp3) is 0.545. The monoisotopic (exact) mass is 257 g/mol. The molecule has 6 heteroatoms. The van der Waals surface area contributed by atoms with E-state index in [9.17, 15) is 4.79 Å². The molecule has 0 radical (unpaired) electrons. The van der Waals surface area contributed by atoms with Crippen molar-refractivity contribution in [2.45, 2.75) is 33.2 Å². The second-order valence-corrected chi connectivity index (χ2v) is 4.48. The van der Waals surface area contributed by atoms with Gasteiger partial charge in [-0.25, -0.2) is 14.8 Å². The number of rotatable bonds is 4. The Morgan fingerprint density at radius 1 is 1.59 bits per heavy atom. The number of hydrogen-bond acceptors (Lipinski definition) is 5. The maximum absolute atomic E-state index is 11.7. The van der Waals surface area contributed by atoms with Crippen LogP contribution in [0.5, 0.6) is 0 Å². The molecule has 0 unspecified atom stereocenters. The van der Waals surface area contributed by atoms with Crippen LogP contribution < -0.4 is 5.32 Å². The molecule has 1 rings (SSSR count). The SMILES string of the molecule is CCOC(=O)C(C)(C)Nc1nc(Cl)ncc1C. The molecule has 0 spiro atoms. The number of aryl methyl sites for hydroxylation is 1. The average molecular weight is 258 g/mol. The van der Waals surface area contributed by atoms with Gasteiger partial charge in [0.25, 0.3) is 0 Å². The van der Waals surface area contributed by atoms with Crippen molar-refractivity contribution in [2.24, 2.45) is 0 Å². The maximum Gasteiger partial charge on any atom is 0.331 e. The van der Waals surface area contributed by atoms with Crippen LogP contribution in [-0.4, -0.2) is 28.1 Å². The van der Waals surface area contributed by atoms with Gasteiger partial charge in [0.05, 0.1) is 6.61 Å². The Labute approximate surface area is 106 Å². The summed E-state index contributed by atoms with van der Waals surface area (Å²) < 4.78 is 4.97. The molecule has 0 amide bonds. The summed E-state index contributed by atoms with van der Waals surface area (Å²) in [5.41, 5.74) is -0.0508. The van der Waals surface area contributed by atoms with E-state index in [1.54, 1.807) is 27.0 Å². The maximum atomic E-state index is 11.7. The van der Waals surface area contributed by atoms with Crippen molar-refractivity contribution in [3.05, 3.63) is 17.0 Å². The second kappa shape index (κ2) is 5.31. The molecule has 0 saturated heterocycles. The van der Waals surface area contributed by atoms with E-state index in [0.717, 1.165) is 5.56 Å². The first kappa shape index (κ1) is 13.7. The quantitative estimate of drug-likeness (QED) is 0.662. The second-order valence-electron chi connectivity index (χ2n) is 4.14. The number of anilines is 1. The van der Waals surface area contributed by atoms with E-state index >= 15 is 0 Å². The number of esters is 1. The Morgan fingerprint density at radius 3 is 2.82 bits per heavy atom. The lowest BCUT2D eigenvalue weighted by Crippen LogP contribution is -2.42. The van der Waals surface area contributed by atoms with Gasteiger partial charge < -0.3 is 10.1 Å². The summed E-state index contributed by atoms with van der Waals surface area (Å²) in [6, 6.07) is 0. The van der Waals surface area contributed by atoms with Crippen LogP contribution in [0.15, 0.2) is 6.20 Å². The van der Waals surface area contributed by atoms with Gasteiger partial charge in [-0.1, -0.05) is 0 Å². The predicted molar refractivity (Wildman–Crippen MR) is 66.1 cm³/mol. The van der Waals surface area contributed by atoms with Gasteiger partial charge in [0.15, 0.2) is 0 Å². The third-order valence-electron chi connectivity index (χ3n) is 2.16. The minimum Gasteiger partial charge on any atom is -0.464 e. The van der Waals surface area contributed by atoms with Crippen molar-refractivity contribution in [1.29, 1.82) is 0 Å². The molecule has 0 bridgehead atoms. The van der Waals surface area contributed by atoms with Crippen LogP contribution in [0, 0.1) is 6.92 Å². The van der Waals surface area contributed by atoms with Crippen molar-refractivity contribution < 1.29 is 9.53 Å². The number of carbonyl (C=O) groups is 1. The highest BCUT2D eigenvalue weighted by molar-refractivity contribution is 6.28. The van der Waals surface area contributed by atoms with E-state index < -0.39 is 5.54 Å². The third-order valence-corrected chi connectivity index (χ3v) is 2.34. The number of nitrogens with one attached hydrogen (secondary N) is 1. The molecule has 0 aliphatic heterocycles. The number of ether oxygens (including phenoxy) is 1. The van der Waals surface area contributed by atoms with Crippen LogP contribution in [0.1, 0.15) is 26.3 Å². The van der Waals surface area contributed by atoms with E-state index in [1.807, 2.05) is 6.92 Å². The molecule has 0 atom stereocenters. The molecule has 0 aliphatic carbocycles. The first-order valence-corrected chi connectivity index (χ1v) is 5.69. The average Bonchev–Trinajstić information content (AvgIpc) is 2.23. The molecule has 0 aromatic carbocycles. The van der Waals surface area contributed by atoms with Crippen molar-refractivity contribution in [2.75, 3.05) is 11.9 Å². The standard InChI is InChI=1S/C11H16ClN3O2/c1-5-17-9(16)11(3,4)15-8-7(2)6-13-10(12)14-8/h6H,5H2,1-4H3,(H,13,14,15). The lowest BCUT2D eigenvalue weighted by atomic mass is 10.1. The minimum atomic E-state index is -0.863. The van der Waals surface area contributed by atoms with Gasteiger partial charge in [0.2, 0.25) is 5.28 Å². The van der Waals surface area contributed by atoms with Gasteiger partial charge in [-0.3, -0.25) is 0 Å². The number of halogens is 1. The van der Waals surface area contributed by atoms with E-state index in [-0.39, 0.29) is 11.3 Å². The Balaban J connectivity index is 2.89. The van der Waals surface area contributed by atoms with Crippen LogP contribution in [-0.2, 0) is 9.53 Å². The van der Waals surface area contributed by atoms with E-state index in [0.29, 0.717) is 12.4 Å². The fourth-order valence-electron chi connectivity index (χ4n) is 1.21. The van der Waals surface area contributed by atoms with Gasteiger partial charge in [0.1, 0.15) is 11.4 Å². The molecule has 1 aromatic heterocycles. The van der Waals surface area contributed by atoms with Crippen molar-refractivity contribution in [3.8, 4) is 0 Å². The van der Waals surface area contributed by atoms with Gasteiger partial charge >= 0.3 is 5.97 Å². The molecule has 1 aromatic rings. The number of carbonyl (C=O) groups excluding carboxylic acids is 1. The number of aromatic nitrogens is 2. The fourth-order valence-corrected chi connectivity index (χ4v) is 1.34. The predicted octanol–water partition coefficient (Wildman–Crippen LogP) is 2.19. The first-order chi connectivity index (χ1) is 7.86. The highest BCUT2D eigenvalue weighted by Gasteiger charge is 2.29. The zero-order valence-electron chi connectivity index (χ0n) is 10.4. The highest BCUT2D eigenvalue weighted by Crippen LogP contribution is 2.19. The topological polar surface area (TPSA) is 64.1 Å². The molecular weight excluding hydrogens is 242 g/mol. The van der Waals surface area contributed by atoms with Crippen LogP contribution in [0.4, 0.5) is 5.82 Å². The molecule has 1 N–H and O–H groups in total. The number of nitrogens with zero attached hydrogens (tertiary/aromatic N) is 2. The van der Waals surface area contributed by atoms with Gasteiger partial charge in [0, 0.05) is 11.8 Å². The van der Waals surface area contributed by atoms with Crippen LogP contribution in [0.2, 0.25) is 5.28 Å².